The summed E-state index contributed by atoms with van der Waals surface area (Å²) in [6.45, 7) is 2.14. The normalized spacial score (nSPS) is 11.2. The lowest BCUT2D eigenvalue weighted by atomic mass is 9.99. The van der Waals surface area contributed by atoms with Crippen LogP contribution in [-0.4, -0.2) is 40.7 Å². The van der Waals surface area contributed by atoms with Crippen molar-refractivity contribution in [1.82, 2.24) is 18.5 Å². The fourth-order valence-electron chi connectivity index (χ4n) is 3.80. The topological polar surface area (TPSA) is 118 Å². The lowest BCUT2D eigenvalue weighted by molar-refractivity contribution is 0.0679. The maximum atomic E-state index is 12.3. The van der Waals surface area contributed by atoms with Crippen molar-refractivity contribution in [3.05, 3.63) is 76.1 Å². The van der Waals surface area contributed by atoms with E-state index in [1.54, 1.807) is 18.2 Å². The third-order valence-electron chi connectivity index (χ3n) is 5.37. The van der Waals surface area contributed by atoms with E-state index in [0.29, 0.717) is 24.0 Å². The molecular weight excluding hydrogens is 428 g/mol. The predicted octanol–water partition coefficient (Wildman–Crippen LogP) is 4.27. The zero-order chi connectivity index (χ0) is 22.7. The van der Waals surface area contributed by atoms with Crippen LogP contribution in [0.25, 0.3) is 11.0 Å². The molecule has 2 N–H and O–H groups in total. The maximum absolute atomic E-state index is 12.3. The fourth-order valence-corrected chi connectivity index (χ4v) is 4.32. The van der Waals surface area contributed by atoms with Gasteiger partial charge >= 0.3 is 11.9 Å². The average molecular weight is 451 g/mol. The molecule has 2 aromatic carbocycles. The minimum absolute atomic E-state index is 0.0677. The van der Waals surface area contributed by atoms with Gasteiger partial charge in [-0.25, -0.2) is 9.59 Å². The number of fused-ring (bicyclic) bond motifs is 1. The van der Waals surface area contributed by atoms with E-state index in [4.69, 9.17) is 0 Å². The first-order valence-electron chi connectivity index (χ1n) is 10.3. The Morgan fingerprint density at radius 1 is 1.03 bits per heavy atom. The highest BCUT2D eigenvalue weighted by Crippen LogP contribution is 2.24. The molecule has 0 aliphatic heterocycles. The van der Waals surface area contributed by atoms with Gasteiger partial charge in [-0.3, -0.25) is 4.68 Å². The molecule has 0 bridgehead atoms. The van der Waals surface area contributed by atoms with Crippen LogP contribution in [0.15, 0.2) is 42.5 Å². The summed E-state index contributed by atoms with van der Waals surface area (Å²) in [5.74, 6) is -2.14. The molecule has 32 heavy (non-hydrogen) atoms. The standard InChI is InChI=1S/C23H22N4O4S/c1-2-3-8-18-17(11-14-9-10-19-20(12-14)26-32-25-19)21(23(30)31)27(24-18)13-15-6-4-5-7-16(15)22(28)29/h4-7,9-10,12H,2-3,8,11,13H2,1H3,(H,28,29)(H,30,31). The smallest absolute Gasteiger partial charge is 0.354 e. The minimum Gasteiger partial charge on any atom is -0.478 e. The van der Waals surface area contributed by atoms with Gasteiger partial charge in [-0.15, -0.1) is 0 Å². The van der Waals surface area contributed by atoms with Gasteiger partial charge in [0, 0.05) is 12.0 Å². The Kier molecular flexibility index (Phi) is 6.27. The molecular formula is C23H22N4O4S. The molecule has 0 unspecified atom stereocenters. The van der Waals surface area contributed by atoms with Gasteiger partial charge in [0.2, 0.25) is 0 Å². The molecule has 0 saturated heterocycles. The summed E-state index contributed by atoms with van der Waals surface area (Å²) in [4.78, 5) is 23.9. The maximum Gasteiger partial charge on any atom is 0.354 e. The number of carboxylic acid groups (broad SMARTS) is 2. The Bertz CT molecular complexity index is 1290. The van der Waals surface area contributed by atoms with Gasteiger partial charge in [0.05, 0.1) is 29.5 Å². The van der Waals surface area contributed by atoms with Crippen molar-refractivity contribution in [3.8, 4) is 0 Å². The highest BCUT2D eigenvalue weighted by Gasteiger charge is 2.24. The van der Waals surface area contributed by atoms with E-state index in [1.807, 2.05) is 18.2 Å². The van der Waals surface area contributed by atoms with Crippen LogP contribution in [0.4, 0.5) is 0 Å². The molecule has 8 nitrogen and oxygen atoms in total. The molecule has 2 heterocycles. The molecule has 164 valence electrons. The number of rotatable bonds is 9. The Balaban J connectivity index is 1.78. The summed E-state index contributed by atoms with van der Waals surface area (Å²) in [5, 5.41) is 24.2. The summed E-state index contributed by atoms with van der Waals surface area (Å²) in [7, 11) is 0. The van der Waals surface area contributed by atoms with Crippen LogP contribution in [0.3, 0.4) is 0 Å². The van der Waals surface area contributed by atoms with Crippen LogP contribution < -0.4 is 0 Å². The Morgan fingerprint density at radius 3 is 2.56 bits per heavy atom. The molecule has 0 aliphatic rings. The third kappa shape index (κ3) is 4.38. The summed E-state index contributed by atoms with van der Waals surface area (Å²) in [5.41, 5.74) is 4.64. The number of aromatic carboxylic acids is 2. The molecule has 4 aromatic rings. The van der Waals surface area contributed by atoms with Gasteiger partial charge in [0.1, 0.15) is 16.7 Å². The van der Waals surface area contributed by atoms with Crippen LogP contribution >= 0.6 is 11.7 Å². The van der Waals surface area contributed by atoms with Crippen molar-refractivity contribution in [1.29, 1.82) is 0 Å². The summed E-state index contributed by atoms with van der Waals surface area (Å²) >= 11 is 1.14. The Morgan fingerprint density at radius 2 is 1.81 bits per heavy atom. The number of hydrogen-bond acceptors (Lipinski definition) is 6. The number of aryl methyl sites for hydroxylation is 1. The third-order valence-corrected chi connectivity index (χ3v) is 5.93. The van der Waals surface area contributed by atoms with Gasteiger partial charge in [-0.1, -0.05) is 37.6 Å². The second-order valence-corrected chi connectivity index (χ2v) is 8.10. The van der Waals surface area contributed by atoms with E-state index in [2.05, 4.69) is 20.8 Å². The lowest BCUT2D eigenvalue weighted by Crippen LogP contribution is -2.15. The molecule has 2 aromatic heterocycles. The molecule has 0 spiro atoms. The van der Waals surface area contributed by atoms with Crippen LogP contribution in [-0.2, 0) is 19.4 Å². The van der Waals surface area contributed by atoms with E-state index >= 15 is 0 Å². The van der Waals surface area contributed by atoms with Gasteiger partial charge in [-0.2, -0.15) is 13.8 Å². The lowest BCUT2D eigenvalue weighted by Gasteiger charge is -2.09. The quantitative estimate of drug-likeness (QED) is 0.391. The van der Waals surface area contributed by atoms with Crippen molar-refractivity contribution >= 4 is 34.7 Å². The first-order chi connectivity index (χ1) is 15.5. The molecule has 0 fully saturated rings. The van der Waals surface area contributed by atoms with E-state index in [1.165, 1.54) is 10.7 Å². The molecule has 0 saturated carbocycles. The Labute approximate surface area is 188 Å². The van der Waals surface area contributed by atoms with Gasteiger partial charge in [0.25, 0.3) is 0 Å². The highest BCUT2D eigenvalue weighted by molar-refractivity contribution is 7.00. The van der Waals surface area contributed by atoms with Gasteiger partial charge < -0.3 is 10.2 Å². The van der Waals surface area contributed by atoms with Crippen molar-refractivity contribution in [2.24, 2.45) is 0 Å². The zero-order valence-corrected chi connectivity index (χ0v) is 18.3. The average Bonchev–Trinajstić information content (AvgIpc) is 3.36. The van der Waals surface area contributed by atoms with Crippen LogP contribution in [0, 0.1) is 0 Å². The van der Waals surface area contributed by atoms with Crippen molar-refractivity contribution < 1.29 is 19.8 Å². The van der Waals surface area contributed by atoms with E-state index < -0.39 is 11.9 Å². The number of nitrogens with zero attached hydrogens (tertiary/aromatic N) is 4. The number of carbonyl (C=O) groups is 2. The van der Waals surface area contributed by atoms with Crippen molar-refractivity contribution in [2.45, 2.75) is 39.2 Å². The minimum atomic E-state index is -1.08. The molecule has 0 atom stereocenters. The molecule has 9 heteroatoms. The van der Waals surface area contributed by atoms with Crippen LogP contribution in [0.1, 0.15) is 63.0 Å². The number of hydrogen-bond donors (Lipinski definition) is 2. The van der Waals surface area contributed by atoms with Crippen LogP contribution in [0.2, 0.25) is 0 Å². The number of unbranched alkanes of at least 4 members (excludes halogenated alkanes) is 1. The first kappa shape index (κ1) is 21.6. The number of carboxylic acids is 2. The van der Waals surface area contributed by atoms with E-state index in [9.17, 15) is 19.8 Å². The zero-order valence-electron chi connectivity index (χ0n) is 17.5. The van der Waals surface area contributed by atoms with Crippen molar-refractivity contribution in [2.75, 3.05) is 0 Å². The summed E-state index contributed by atoms with van der Waals surface area (Å²) in [6, 6.07) is 12.3. The number of benzene rings is 2. The molecule has 0 aliphatic carbocycles. The number of aromatic nitrogens is 4. The van der Waals surface area contributed by atoms with Crippen LogP contribution in [0.5, 0.6) is 0 Å². The van der Waals surface area contributed by atoms with E-state index in [-0.39, 0.29) is 17.8 Å². The highest BCUT2D eigenvalue weighted by atomic mass is 32.1. The second kappa shape index (κ2) is 9.27. The predicted molar refractivity (Wildman–Crippen MR) is 121 cm³/mol. The largest absolute Gasteiger partial charge is 0.478 e. The molecule has 0 radical (unpaired) electrons. The fraction of sp³-hybridized carbons (Fsp3) is 0.261. The first-order valence-corrected chi connectivity index (χ1v) is 11.0. The monoisotopic (exact) mass is 450 g/mol. The molecule has 4 rings (SSSR count). The second-order valence-electron chi connectivity index (χ2n) is 7.57. The molecule has 0 amide bonds. The van der Waals surface area contributed by atoms with Gasteiger partial charge in [0.15, 0.2) is 0 Å². The summed E-state index contributed by atoms with van der Waals surface area (Å²) in [6.07, 6.45) is 2.88. The Hall–Kier alpha value is -3.59. The van der Waals surface area contributed by atoms with Crippen molar-refractivity contribution in [3.63, 3.8) is 0 Å². The summed E-state index contributed by atoms with van der Waals surface area (Å²) < 4.78 is 9.92. The van der Waals surface area contributed by atoms with E-state index in [0.717, 1.165) is 46.9 Å². The van der Waals surface area contributed by atoms with Gasteiger partial charge in [-0.05, 0) is 42.2 Å². The SMILES string of the molecule is CCCCc1nn(Cc2ccccc2C(=O)O)c(C(=O)O)c1Cc1ccc2nsnc2c1.